The van der Waals surface area contributed by atoms with Crippen LogP contribution in [0.5, 0.6) is 0 Å². The van der Waals surface area contributed by atoms with E-state index in [-0.39, 0.29) is 41.3 Å². The Kier molecular flexibility index (Phi) is 6.05. The molecule has 1 aromatic heterocycles. The highest BCUT2D eigenvalue weighted by Gasteiger charge is 2.36. The lowest BCUT2D eigenvalue weighted by Crippen LogP contribution is -2.41. The smallest absolute Gasteiger partial charge is 0.394 e. The van der Waals surface area contributed by atoms with Gasteiger partial charge in [-0.05, 0) is 29.7 Å². The fourth-order valence-corrected chi connectivity index (χ4v) is 3.56. The van der Waals surface area contributed by atoms with Crippen LogP contribution in [0.3, 0.4) is 0 Å². The van der Waals surface area contributed by atoms with Gasteiger partial charge in [-0.15, -0.1) is 0 Å². The monoisotopic (exact) mass is 441 g/mol. The molecule has 2 N–H and O–H groups in total. The van der Waals surface area contributed by atoms with Crippen LogP contribution in [0.2, 0.25) is 5.02 Å². The molecule has 2 aromatic rings. The average molecular weight is 442 g/mol. The number of hydrogen-bond acceptors (Lipinski definition) is 4. The van der Waals surface area contributed by atoms with E-state index in [4.69, 9.17) is 11.6 Å². The van der Waals surface area contributed by atoms with Gasteiger partial charge in [-0.25, -0.2) is 4.98 Å². The summed E-state index contributed by atoms with van der Waals surface area (Å²) in [4.78, 5) is 30.4. The second-order valence-electron chi connectivity index (χ2n) is 7.25. The van der Waals surface area contributed by atoms with Gasteiger partial charge in [-0.2, -0.15) is 13.2 Å². The maximum atomic E-state index is 13.0. The number of rotatable bonds is 5. The third-order valence-corrected chi connectivity index (χ3v) is 5.23. The van der Waals surface area contributed by atoms with Crippen molar-refractivity contribution >= 4 is 29.1 Å². The van der Waals surface area contributed by atoms with Crippen molar-refractivity contribution in [3.8, 4) is 0 Å². The molecule has 1 aliphatic rings. The molecule has 10 heteroatoms. The van der Waals surface area contributed by atoms with E-state index in [0.717, 1.165) is 6.07 Å². The molecule has 1 aliphatic heterocycles. The van der Waals surface area contributed by atoms with Crippen LogP contribution in [0.15, 0.2) is 30.3 Å². The Bertz CT molecular complexity index is 995. The van der Waals surface area contributed by atoms with Crippen molar-refractivity contribution < 1.29 is 27.9 Å². The van der Waals surface area contributed by atoms with Crippen molar-refractivity contribution in [2.45, 2.75) is 32.6 Å². The van der Waals surface area contributed by atoms with Crippen LogP contribution >= 0.6 is 11.6 Å². The van der Waals surface area contributed by atoms with Gasteiger partial charge in [0.1, 0.15) is 11.4 Å². The molecule has 30 heavy (non-hydrogen) atoms. The Morgan fingerprint density at radius 1 is 1.30 bits per heavy atom. The summed E-state index contributed by atoms with van der Waals surface area (Å²) < 4.78 is 38.8. The molecule has 0 bridgehead atoms. The molecule has 6 nitrogen and oxygen atoms in total. The number of nitrogens with zero attached hydrogens (tertiary/aromatic N) is 2. The topological polar surface area (TPSA) is 82.5 Å². The largest absolute Gasteiger partial charge is 0.433 e. The Morgan fingerprint density at radius 2 is 2.00 bits per heavy atom. The van der Waals surface area contributed by atoms with Gasteiger partial charge in [0.25, 0.3) is 11.8 Å². The van der Waals surface area contributed by atoms with E-state index in [1.54, 1.807) is 12.1 Å². The fourth-order valence-electron chi connectivity index (χ4n) is 3.37. The zero-order chi connectivity index (χ0) is 22.2. The van der Waals surface area contributed by atoms with Crippen molar-refractivity contribution in [3.05, 3.63) is 57.9 Å². The number of carbonyl (C=O) groups excluding carboxylic acids is 2. The highest BCUT2D eigenvalue weighted by Crippen LogP contribution is 2.33. The zero-order valence-corrected chi connectivity index (χ0v) is 16.9. The number of aliphatic hydroxyl groups excluding tert-OH is 1. The van der Waals surface area contributed by atoms with E-state index in [1.807, 2.05) is 13.8 Å². The van der Waals surface area contributed by atoms with E-state index < -0.39 is 29.5 Å². The number of anilines is 1. The molecule has 3 rings (SSSR count). The number of amides is 2. The quantitative estimate of drug-likeness (QED) is 0.735. The molecule has 160 valence electrons. The van der Waals surface area contributed by atoms with Gasteiger partial charge in [-0.1, -0.05) is 37.6 Å². The van der Waals surface area contributed by atoms with E-state index in [9.17, 15) is 27.9 Å². The van der Waals surface area contributed by atoms with Gasteiger partial charge in [0.2, 0.25) is 0 Å². The molecule has 0 saturated heterocycles. The second-order valence-corrected chi connectivity index (χ2v) is 7.65. The number of alkyl halides is 3. The van der Waals surface area contributed by atoms with Crippen molar-refractivity contribution in [2.24, 2.45) is 5.92 Å². The second kappa shape index (κ2) is 8.23. The summed E-state index contributed by atoms with van der Waals surface area (Å²) in [6.45, 7) is 3.79. The zero-order valence-electron chi connectivity index (χ0n) is 16.1. The number of pyridine rings is 1. The van der Waals surface area contributed by atoms with Crippen LogP contribution < -0.4 is 5.32 Å². The number of halogens is 4. The molecule has 0 fully saturated rings. The number of benzene rings is 1. The maximum absolute atomic E-state index is 13.0. The van der Waals surface area contributed by atoms with Gasteiger partial charge < -0.3 is 15.3 Å². The molecule has 0 unspecified atom stereocenters. The number of aliphatic hydroxyl groups is 1. The van der Waals surface area contributed by atoms with Gasteiger partial charge in [0.15, 0.2) is 0 Å². The van der Waals surface area contributed by atoms with Gasteiger partial charge in [0, 0.05) is 6.54 Å². The summed E-state index contributed by atoms with van der Waals surface area (Å²) in [6.07, 6.45) is -4.74. The summed E-state index contributed by atoms with van der Waals surface area (Å²) in [5.41, 5.74) is -0.837. The summed E-state index contributed by atoms with van der Waals surface area (Å²) >= 11 is 5.88. The molecule has 1 aromatic carbocycles. The first-order chi connectivity index (χ1) is 14.0. The van der Waals surface area contributed by atoms with Crippen LogP contribution in [0.4, 0.5) is 18.9 Å². The third-order valence-electron chi connectivity index (χ3n) is 4.92. The normalized spacial score (nSPS) is 14.8. The minimum absolute atomic E-state index is 0.000539. The standard InChI is InChI=1S/C20H19ClF3N3O3/c1-10(2)14(9-28)27-8-11-4-3-5-13(16(11)19(27)30)25-18(29)17-12(21)6-7-15(26-17)20(22,23)24/h3-7,10,14,28H,8-9H2,1-2H3,(H,25,29)/t14-/m0/s1. The Balaban J connectivity index is 1.92. The molecular formula is C20H19ClF3N3O3. The van der Waals surface area contributed by atoms with E-state index in [1.165, 1.54) is 11.0 Å². The lowest BCUT2D eigenvalue weighted by Gasteiger charge is -2.29. The lowest BCUT2D eigenvalue weighted by molar-refractivity contribution is -0.141. The van der Waals surface area contributed by atoms with E-state index in [2.05, 4.69) is 10.3 Å². The van der Waals surface area contributed by atoms with E-state index in [0.29, 0.717) is 11.6 Å². The number of nitrogens with one attached hydrogen (secondary N) is 1. The van der Waals surface area contributed by atoms with Crippen molar-refractivity contribution in [2.75, 3.05) is 11.9 Å². The summed E-state index contributed by atoms with van der Waals surface area (Å²) in [6, 6.07) is 6.03. The molecule has 0 aliphatic carbocycles. The van der Waals surface area contributed by atoms with Gasteiger partial charge >= 0.3 is 6.18 Å². The maximum Gasteiger partial charge on any atom is 0.433 e. The minimum Gasteiger partial charge on any atom is -0.394 e. The molecule has 0 saturated carbocycles. The van der Waals surface area contributed by atoms with Crippen LogP contribution in [0.25, 0.3) is 0 Å². The Labute approximate surface area is 175 Å². The predicted molar refractivity (Wildman–Crippen MR) is 104 cm³/mol. The summed E-state index contributed by atoms with van der Waals surface area (Å²) in [5, 5.41) is 11.9. The summed E-state index contributed by atoms with van der Waals surface area (Å²) in [7, 11) is 0. The van der Waals surface area contributed by atoms with Crippen LogP contribution in [-0.4, -0.2) is 39.5 Å². The molecule has 0 radical (unpaired) electrons. The van der Waals surface area contributed by atoms with Crippen molar-refractivity contribution in [1.82, 2.24) is 9.88 Å². The third kappa shape index (κ3) is 4.13. The lowest BCUT2D eigenvalue weighted by atomic mass is 10.0. The Hall–Kier alpha value is -2.65. The van der Waals surface area contributed by atoms with Crippen LogP contribution in [0, 0.1) is 5.92 Å². The van der Waals surface area contributed by atoms with Crippen molar-refractivity contribution in [1.29, 1.82) is 0 Å². The van der Waals surface area contributed by atoms with Crippen molar-refractivity contribution in [3.63, 3.8) is 0 Å². The van der Waals surface area contributed by atoms with E-state index >= 15 is 0 Å². The molecule has 2 heterocycles. The fraction of sp³-hybridized carbons (Fsp3) is 0.350. The predicted octanol–water partition coefficient (Wildman–Crippen LogP) is 3.98. The average Bonchev–Trinajstić information content (AvgIpc) is 2.99. The van der Waals surface area contributed by atoms with Gasteiger partial charge in [-0.3, -0.25) is 9.59 Å². The Morgan fingerprint density at radius 3 is 2.60 bits per heavy atom. The number of carbonyl (C=O) groups is 2. The molecule has 2 amide bonds. The summed E-state index contributed by atoms with van der Waals surface area (Å²) in [5.74, 6) is -1.34. The minimum atomic E-state index is -4.74. The number of aromatic nitrogens is 1. The molecule has 1 atom stereocenters. The number of hydrogen-bond donors (Lipinski definition) is 2. The molecular weight excluding hydrogens is 423 g/mol. The first-order valence-corrected chi connectivity index (χ1v) is 9.51. The van der Waals surface area contributed by atoms with Crippen LogP contribution in [-0.2, 0) is 12.7 Å². The highest BCUT2D eigenvalue weighted by molar-refractivity contribution is 6.34. The highest BCUT2D eigenvalue weighted by atomic mass is 35.5. The molecule has 0 spiro atoms. The first-order valence-electron chi connectivity index (χ1n) is 9.13. The first kappa shape index (κ1) is 22.0. The van der Waals surface area contributed by atoms with Gasteiger partial charge in [0.05, 0.1) is 28.9 Å². The van der Waals surface area contributed by atoms with Crippen LogP contribution in [0.1, 0.15) is 46.0 Å². The SMILES string of the molecule is CC(C)[C@H](CO)N1Cc2cccc(NC(=O)c3nc(C(F)(F)F)ccc3Cl)c2C1=O. The number of fused-ring (bicyclic) bond motifs is 1.